The quantitative estimate of drug-likeness (QED) is 0.647. The van der Waals surface area contributed by atoms with Crippen LogP contribution in [-0.2, 0) is 4.74 Å². The molecule has 1 aliphatic heterocycles. The lowest BCUT2D eigenvalue weighted by Crippen LogP contribution is -2.29. The topological polar surface area (TPSA) is 75.6 Å². The number of hydrogen-bond acceptors (Lipinski definition) is 4. The number of rotatable bonds is 3. The van der Waals surface area contributed by atoms with Crippen LogP contribution in [0.25, 0.3) is 0 Å². The summed E-state index contributed by atoms with van der Waals surface area (Å²) >= 11 is 0. The smallest absolute Gasteiger partial charge is 0.337 e. The van der Waals surface area contributed by atoms with Gasteiger partial charge in [-0.15, -0.1) is 0 Å². The first-order valence-corrected chi connectivity index (χ1v) is 8.57. The normalized spacial score (nSPS) is 22.9. The molecule has 0 unspecified atom stereocenters. The average Bonchev–Trinajstić information content (AvgIpc) is 3.16. The fourth-order valence-electron chi connectivity index (χ4n) is 4.00. The van der Waals surface area contributed by atoms with Gasteiger partial charge in [-0.25, -0.2) is 9.59 Å². The molecule has 1 aliphatic carbocycles. The predicted molar refractivity (Wildman–Crippen MR) is 97.5 cm³/mol. The number of carbonyl (C=O) groups excluding carboxylic acids is 1. The molecule has 0 fully saturated rings. The monoisotopic (exact) mass is 349 g/mol. The van der Waals surface area contributed by atoms with Gasteiger partial charge in [-0.3, -0.25) is 0 Å². The van der Waals surface area contributed by atoms with Crippen molar-refractivity contribution >= 4 is 17.6 Å². The number of esters is 1. The zero-order chi connectivity index (χ0) is 18.3. The molecule has 26 heavy (non-hydrogen) atoms. The van der Waals surface area contributed by atoms with Crippen LogP contribution in [0.3, 0.4) is 0 Å². The molecule has 2 aliphatic rings. The molecule has 0 saturated carbocycles. The maximum Gasteiger partial charge on any atom is 0.337 e. The Morgan fingerprint density at radius 1 is 1.12 bits per heavy atom. The second-order valence-corrected chi connectivity index (χ2v) is 6.70. The summed E-state index contributed by atoms with van der Waals surface area (Å²) in [6, 6.07) is 12.7. The Hall–Kier alpha value is -3.08. The van der Waals surface area contributed by atoms with Crippen molar-refractivity contribution in [2.75, 3.05) is 12.4 Å². The van der Waals surface area contributed by atoms with E-state index in [-0.39, 0.29) is 23.5 Å². The highest BCUT2D eigenvalue weighted by molar-refractivity contribution is 5.90. The average molecular weight is 349 g/mol. The summed E-state index contributed by atoms with van der Waals surface area (Å²) < 4.78 is 4.83. The molecule has 5 heteroatoms. The van der Waals surface area contributed by atoms with Crippen LogP contribution < -0.4 is 5.32 Å². The highest BCUT2D eigenvalue weighted by Gasteiger charge is 2.38. The summed E-state index contributed by atoms with van der Waals surface area (Å²) in [6.45, 7) is 0. The number of carbonyl (C=O) groups is 2. The number of allylic oxidation sites excluding steroid dienone is 2. The Balaban J connectivity index is 1.71. The van der Waals surface area contributed by atoms with Crippen LogP contribution in [0.5, 0.6) is 0 Å². The molecular formula is C21H19NO4. The second kappa shape index (κ2) is 6.33. The lowest BCUT2D eigenvalue weighted by molar-refractivity contribution is 0.0599. The van der Waals surface area contributed by atoms with Gasteiger partial charge in [0.05, 0.1) is 24.3 Å². The lowest BCUT2D eigenvalue weighted by Gasteiger charge is -2.37. The van der Waals surface area contributed by atoms with Gasteiger partial charge in [0.15, 0.2) is 0 Å². The zero-order valence-electron chi connectivity index (χ0n) is 14.3. The van der Waals surface area contributed by atoms with E-state index < -0.39 is 5.97 Å². The van der Waals surface area contributed by atoms with E-state index in [0.717, 1.165) is 23.2 Å². The van der Waals surface area contributed by atoms with Gasteiger partial charge in [-0.1, -0.05) is 24.3 Å². The molecule has 2 N–H and O–H groups in total. The number of nitrogens with one attached hydrogen (secondary N) is 1. The number of carboxylic acids is 1. The molecule has 2 aromatic carbocycles. The van der Waals surface area contributed by atoms with Crippen LogP contribution in [0.15, 0.2) is 54.6 Å². The van der Waals surface area contributed by atoms with Gasteiger partial charge in [0.25, 0.3) is 0 Å². The van der Waals surface area contributed by atoms with E-state index in [4.69, 9.17) is 9.84 Å². The van der Waals surface area contributed by atoms with Crippen molar-refractivity contribution in [2.45, 2.75) is 18.4 Å². The summed E-state index contributed by atoms with van der Waals surface area (Å²) in [6.07, 6.45) is 5.31. The van der Waals surface area contributed by atoms with Crippen LogP contribution >= 0.6 is 0 Å². The molecule has 0 amide bonds. The number of fused-ring (bicyclic) bond motifs is 3. The van der Waals surface area contributed by atoms with Crippen LogP contribution in [0.4, 0.5) is 5.69 Å². The number of aromatic carboxylic acids is 1. The molecule has 1 heterocycles. The molecule has 0 aromatic heterocycles. The molecule has 5 nitrogen and oxygen atoms in total. The lowest BCUT2D eigenvalue weighted by atomic mass is 9.76. The molecule has 0 spiro atoms. The van der Waals surface area contributed by atoms with Gasteiger partial charge in [0.2, 0.25) is 0 Å². The molecule has 3 atom stereocenters. The van der Waals surface area contributed by atoms with E-state index in [1.165, 1.54) is 7.11 Å². The van der Waals surface area contributed by atoms with Crippen molar-refractivity contribution in [1.29, 1.82) is 0 Å². The van der Waals surface area contributed by atoms with Crippen LogP contribution in [0.2, 0.25) is 0 Å². The first-order chi connectivity index (χ1) is 12.6. The van der Waals surface area contributed by atoms with E-state index in [1.807, 2.05) is 24.3 Å². The minimum atomic E-state index is -0.922. The van der Waals surface area contributed by atoms with Crippen molar-refractivity contribution < 1.29 is 19.4 Å². The highest BCUT2D eigenvalue weighted by atomic mass is 16.5. The Labute approximate surface area is 151 Å². The Kier molecular flexibility index (Phi) is 3.99. The fraction of sp³-hybridized carbons (Fsp3) is 0.238. The zero-order valence-corrected chi connectivity index (χ0v) is 14.3. The van der Waals surface area contributed by atoms with Crippen LogP contribution in [-0.4, -0.2) is 24.2 Å². The van der Waals surface area contributed by atoms with Gasteiger partial charge in [-0.05, 0) is 53.8 Å². The third kappa shape index (κ3) is 2.65. The van der Waals surface area contributed by atoms with Crippen molar-refractivity contribution in [3.8, 4) is 0 Å². The molecular weight excluding hydrogens is 330 g/mol. The van der Waals surface area contributed by atoms with Gasteiger partial charge < -0.3 is 15.2 Å². The third-order valence-electron chi connectivity index (χ3n) is 5.30. The molecule has 132 valence electrons. The number of ether oxygens (including phenoxy) is 1. The van der Waals surface area contributed by atoms with Gasteiger partial charge in [0.1, 0.15) is 0 Å². The Bertz CT molecular complexity index is 901. The van der Waals surface area contributed by atoms with Gasteiger partial charge in [-0.2, -0.15) is 0 Å². The van der Waals surface area contributed by atoms with E-state index in [9.17, 15) is 9.59 Å². The number of anilines is 1. The standard InChI is InChI=1S/C21H19NO4/c1-26-21(25)14-9-10-18-17(11-14)15-3-2-4-16(15)19(22-18)12-5-7-13(8-6-12)20(23)24/h2-3,5-11,15-16,19,22H,4H2,1H3,(H,23,24)/t15-,16+,19-/m0/s1. The summed E-state index contributed by atoms with van der Waals surface area (Å²) in [5.41, 5.74) is 4.00. The highest BCUT2D eigenvalue weighted by Crippen LogP contribution is 2.49. The van der Waals surface area contributed by atoms with Gasteiger partial charge >= 0.3 is 11.9 Å². The largest absolute Gasteiger partial charge is 0.478 e. The second-order valence-electron chi connectivity index (χ2n) is 6.70. The van der Waals surface area contributed by atoms with E-state index in [1.54, 1.807) is 18.2 Å². The molecule has 0 bridgehead atoms. The minimum Gasteiger partial charge on any atom is -0.478 e. The Morgan fingerprint density at radius 2 is 1.85 bits per heavy atom. The predicted octanol–water partition coefficient (Wildman–Crippen LogP) is 4.00. The van der Waals surface area contributed by atoms with Crippen molar-refractivity contribution in [1.82, 2.24) is 0 Å². The number of methoxy groups -OCH3 is 1. The molecule has 2 aromatic rings. The van der Waals surface area contributed by atoms with E-state index in [2.05, 4.69) is 17.5 Å². The number of hydrogen-bond donors (Lipinski definition) is 2. The van der Waals surface area contributed by atoms with Gasteiger partial charge in [0, 0.05) is 11.6 Å². The molecule has 0 saturated heterocycles. The van der Waals surface area contributed by atoms with Crippen LogP contribution in [0, 0.1) is 5.92 Å². The van der Waals surface area contributed by atoms with E-state index in [0.29, 0.717) is 11.5 Å². The maximum atomic E-state index is 11.9. The summed E-state index contributed by atoms with van der Waals surface area (Å²) in [5, 5.41) is 12.7. The van der Waals surface area contributed by atoms with E-state index >= 15 is 0 Å². The third-order valence-corrected chi connectivity index (χ3v) is 5.30. The molecule has 4 rings (SSSR count). The number of benzene rings is 2. The van der Waals surface area contributed by atoms with Crippen molar-refractivity contribution in [2.24, 2.45) is 5.92 Å². The van der Waals surface area contributed by atoms with Crippen LogP contribution in [0.1, 0.15) is 50.2 Å². The number of carboxylic acid groups (broad SMARTS) is 1. The first-order valence-electron chi connectivity index (χ1n) is 8.57. The fourth-order valence-corrected chi connectivity index (χ4v) is 4.00. The maximum absolute atomic E-state index is 11.9. The SMILES string of the molecule is COC(=O)c1ccc2c(c1)[C@H]1C=CC[C@H]1[C@H](c1ccc(C(=O)O)cc1)N2. The summed E-state index contributed by atoms with van der Waals surface area (Å²) in [4.78, 5) is 22.9. The molecule has 0 radical (unpaired) electrons. The van der Waals surface area contributed by atoms with Crippen molar-refractivity contribution in [3.05, 3.63) is 76.9 Å². The Morgan fingerprint density at radius 3 is 2.54 bits per heavy atom. The minimum absolute atomic E-state index is 0.0920. The first kappa shape index (κ1) is 16.4. The van der Waals surface area contributed by atoms with Crippen molar-refractivity contribution in [3.63, 3.8) is 0 Å². The summed E-state index contributed by atoms with van der Waals surface area (Å²) in [5.74, 6) is -0.710. The summed E-state index contributed by atoms with van der Waals surface area (Å²) in [7, 11) is 1.38.